The first-order chi connectivity index (χ1) is 10.5. The molecule has 0 bridgehead atoms. The van der Waals surface area contributed by atoms with E-state index in [4.69, 9.17) is 15.2 Å². The van der Waals surface area contributed by atoms with E-state index in [1.54, 1.807) is 7.11 Å². The molecular weight excluding hydrogens is 300 g/mol. The van der Waals surface area contributed by atoms with Crippen molar-refractivity contribution in [3.63, 3.8) is 0 Å². The molecule has 120 valence electrons. The summed E-state index contributed by atoms with van der Waals surface area (Å²) in [5.74, 6) is 0.747. The van der Waals surface area contributed by atoms with Gasteiger partial charge in [-0.05, 0) is 24.1 Å². The minimum absolute atomic E-state index is 0.0763. The van der Waals surface area contributed by atoms with Crippen molar-refractivity contribution in [3.8, 4) is 5.75 Å². The third-order valence-corrected chi connectivity index (χ3v) is 4.81. The van der Waals surface area contributed by atoms with E-state index in [-0.39, 0.29) is 12.0 Å². The zero-order valence-corrected chi connectivity index (χ0v) is 14.1. The van der Waals surface area contributed by atoms with Gasteiger partial charge in [0.05, 0.1) is 19.9 Å². The molecule has 1 atom stereocenters. The molecule has 1 aromatic carbocycles. The van der Waals surface area contributed by atoms with Crippen LogP contribution in [0.4, 0.5) is 5.69 Å². The van der Waals surface area contributed by atoms with Crippen LogP contribution in [0.2, 0.25) is 0 Å². The van der Waals surface area contributed by atoms with Crippen LogP contribution < -0.4 is 15.8 Å². The van der Waals surface area contributed by atoms with Crippen LogP contribution in [0.15, 0.2) is 18.2 Å². The molecular formula is C16H22N2O3S. The van der Waals surface area contributed by atoms with Crippen molar-refractivity contribution in [3.05, 3.63) is 23.1 Å². The number of hydrogen-bond acceptors (Lipinski definition) is 6. The quantitative estimate of drug-likeness (QED) is 0.800. The molecule has 3 N–H and O–H groups in total. The largest absolute Gasteiger partial charge is 0.497 e. The highest BCUT2D eigenvalue weighted by molar-refractivity contribution is 7.21. The molecule has 0 saturated heterocycles. The van der Waals surface area contributed by atoms with E-state index in [2.05, 4.69) is 19.2 Å². The summed E-state index contributed by atoms with van der Waals surface area (Å²) in [5.41, 5.74) is 6.62. The van der Waals surface area contributed by atoms with Crippen LogP contribution in [-0.4, -0.2) is 32.8 Å². The van der Waals surface area contributed by atoms with Gasteiger partial charge in [-0.3, -0.25) is 0 Å². The molecule has 1 heterocycles. The molecule has 0 saturated carbocycles. The second kappa shape index (κ2) is 6.98. The van der Waals surface area contributed by atoms with E-state index in [9.17, 15) is 4.79 Å². The maximum atomic E-state index is 12.1. The van der Waals surface area contributed by atoms with Gasteiger partial charge < -0.3 is 20.5 Å². The summed E-state index contributed by atoms with van der Waals surface area (Å²) in [6.07, 6.45) is 0. The minimum atomic E-state index is -0.345. The van der Waals surface area contributed by atoms with E-state index in [1.807, 2.05) is 18.2 Å². The van der Waals surface area contributed by atoms with Crippen LogP contribution >= 0.6 is 11.3 Å². The van der Waals surface area contributed by atoms with E-state index < -0.39 is 0 Å². The Balaban J connectivity index is 2.57. The highest BCUT2D eigenvalue weighted by atomic mass is 32.1. The predicted octanol–water partition coefficient (Wildman–Crippen LogP) is 3.09. The van der Waals surface area contributed by atoms with Crippen LogP contribution in [-0.2, 0) is 4.74 Å². The second-order valence-electron chi connectivity index (χ2n) is 5.39. The van der Waals surface area contributed by atoms with Gasteiger partial charge in [0.1, 0.15) is 10.6 Å². The molecule has 0 spiro atoms. The number of esters is 1. The lowest BCUT2D eigenvalue weighted by atomic mass is 10.0. The molecule has 0 radical (unpaired) electrons. The summed E-state index contributed by atoms with van der Waals surface area (Å²) < 4.78 is 11.2. The lowest BCUT2D eigenvalue weighted by molar-refractivity contribution is 0.0607. The summed E-state index contributed by atoms with van der Waals surface area (Å²) in [7, 11) is 3.01. The Kier molecular flexibility index (Phi) is 5.26. The summed E-state index contributed by atoms with van der Waals surface area (Å²) in [5, 5.41) is 4.36. The zero-order valence-electron chi connectivity index (χ0n) is 13.3. The monoisotopic (exact) mass is 322 g/mol. The zero-order chi connectivity index (χ0) is 16.3. The van der Waals surface area contributed by atoms with Gasteiger partial charge in [-0.15, -0.1) is 11.3 Å². The number of rotatable bonds is 6. The van der Waals surface area contributed by atoms with Crippen molar-refractivity contribution in [2.45, 2.75) is 19.9 Å². The lowest BCUT2D eigenvalue weighted by Gasteiger charge is -2.22. The molecule has 22 heavy (non-hydrogen) atoms. The second-order valence-corrected chi connectivity index (χ2v) is 6.44. The van der Waals surface area contributed by atoms with Gasteiger partial charge in [0.2, 0.25) is 0 Å². The number of ether oxygens (including phenoxy) is 2. The molecule has 2 rings (SSSR count). The van der Waals surface area contributed by atoms with E-state index in [0.717, 1.165) is 21.5 Å². The third-order valence-electron chi connectivity index (χ3n) is 3.65. The van der Waals surface area contributed by atoms with Crippen LogP contribution in [0.5, 0.6) is 5.75 Å². The van der Waals surface area contributed by atoms with Crippen LogP contribution in [0.25, 0.3) is 10.1 Å². The molecule has 1 aromatic heterocycles. The van der Waals surface area contributed by atoms with Gasteiger partial charge in [-0.2, -0.15) is 0 Å². The molecule has 2 aromatic rings. The molecule has 5 nitrogen and oxygen atoms in total. The van der Waals surface area contributed by atoms with Crippen molar-refractivity contribution in [2.75, 3.05) is 26.1 Å². The maximum absolute atomic E-state index is 12.1. The Morgan fingerprint density at radius 2 is 2.09 bits per heavy atom. The number of hydrogen-bond donors (Lipinski definition) is 2. The Bertz CT molecular complexity index is 667. The van der Waals surface area contributed by atoms with Crippen molar-refractivity contribution in [2.24, 2.45) is 11.7 Å². The highest BCUT2D eigenvalue weighted by Gasteiger charge is 2.22. The molecule has 0 aliphatic rings. The van der Waals surface area contributed by atoms with Gasteiger partial charge in [0, 0.05) is 22.7 Å². The number of carbonyl (C=O) groups excluding carboxylic acids is 1. The van der Waals surface area contributed by atoms with E-state index in [0.29, 0.717) is 17.3 Å². The molecule has 0 amide bonds. The number of anilines is 1. The average molecular weight is 322 g/mol. The first kappa shape index (κ1) is 16.6. The van der Waals surface area contributed by atoms with Crippen LogP contribution in [0.1, 0.15) is 23.5 Å². The number of fused-ring (bicyclic) bond motifs is 1. The van der Waals surface area contributed by atoms with Crippen LogP contribution in [0.3, 0.4) is 0 Å². The predicted molar refractivity (Wildman–Crippen MR) is 91.0 cm³/mol. The van der Waals surface area contributed by atoms with Crippen molar-refractivity contribution in [1.29, 1.82) is 0 Å². The SMILES string of the molecule is COC(=O)c1sc2ccc(OC)cc2c1NC(CN)C(C)C. The van der Waals surface area contributed by atoms with E-state index in [1.165, 1.54) is 18.4 Å². The number of nitrogens with two attached hydrogens (primary N) is 1. The summed E-state index contributed by atoms with van der Waals surface area (Å²) >= 11 is 1.41. The maximum Gasteiger partial charge on any atom is 0.350 e. The minimum Gasteiger partial charge on any atom is -0.497 e. The first-order valence-electron chi connectivity index (χ1n) is 7.17. The van der Waals surface area contributed by atoms with Crippen molar-refractivity contribution in [1.82, 2.24) is 0 Å². The number of nitrogens with one attached hydrogen (secondary N) is 1. The normalized spacial score (nSPS) is 12.5. The Hall–Kier alpha value is -1.79. The summed E-state index contributed by atoms with van der Waals surface area (Å²) in [6.45, 7) is 4.68. The Labute approximate surface area is 134 Å². The van der Waals surface area contributed by atoms with Crippen molar-refractivity contribution >= 4 is 33.1 Å². The van der Waals surface area contributed by atoms with Gasteiger partial charge in [-0.25, -0.2) is 4.79 Å². The fourth-order valence-electron chi connectivity index (χ4n) is 2.27. The topological polar surface area (TPSA) is 73.6 Å². The molecule has 0 aliphatic carbocycles. The first-order valence-corrected chi connectivity index (χ1v) is 7.98. The number of carbonyl (C=O) groups is 1. The third kappa shape index (κ3) is 3.18. The molecule has 6 heteroatoms. The van der Waals surface area contributed by atoms with Gasteiger partial charge in [0.25, 0.3) is 0 Å². The number of methoxy groups -OCH3 is 2. The summed E-state index contributed by atoms with van der Waals surface area (Å²) in [6, 6.07) is 5.83. The molecule has 0 aliphatic heterocycles. The lowest BCUT2D eigenvalue weighted by Crippen LogP contribution is -2.34. The standard InChI is InChI=1S/C16H22N2O3S/c1-9(2)12(8-17)18-14-11-7-10(20-3)5-6-13(11)22-15(14)16(19)21-4/h5-7,9,12,18H,8,17H2,1-4H3. The van der Waals surface area contributed by atoms with Crippen LogP contribution in [0, 0.1) is 5.92 Å². The molecule has 1 unspecified atom stereocenters. The van der Waals surface area contributed by atoms with E-state index >= 15 is 0 Å². The smallest absolute Gasteiger partial charge is 0.350 e. The Morgan fingerprint density at radius 3 is 2.64 bits per heavy atom. The number of thiophene rings is 1. The van der Waals surface area contributed by atoms with Gasteiger partial charge in [-0.1, -0.05) is 13.8 Å². The average Bonchev–Trinajstić information content (AvgIpc) is 2.88. The summed E-state index contributed by atoms with van der Waals surface area (Å²) in [4.78, 5) is 12.6. The Morgan fingerprint density at radius 1 is 1.36 bits per heavy atom. The van der Waals surface area contributed by atoms with Crippen molar-refractivity contribution < 1.29 is 14.3 Å². The van der Waals surface area contributed by atoms with Gasteiger partial charge in [0.15, 0.2) is 0 Å². The number of benzene rings is 1. The fraction of sp³-hybridized carbons (Fsp3) is 0.438. The highest BCUT2D eigenvalue weighted by Crippen LogP contribution is 2.39. The van der Waals surface area contributed by atoms with Gasteiger partial charge >= 0.3 is 5.97 Å². The fourth-order valence-corrected chi connectivity index (χ4v) is 3.33. The molecule has 0 fully saturated rings.